The van der Waals surface area contributed by atoms with Gasteiger partial charge in [0, 0.05) is 0 Å². The second-order valence-electron chi connectivity index (χ2n) is 5.58. The molecule has 1 N–H and O–H groups in total. The third-order valence-electron chi connectivity index (χ3n) is 4.37. The van der Waals surface area contributed by atoms with Crippen molar-refractivity contribution in [2.24, 2.45) is 0 Å². The summed E-state index contributed by atoms with van der Waals surface area (Å²) in [5, 5.41) is 3.42. The Hall–Kier alpha value is -1.02. The molecule has 0 atom stereocenters. The summed E-state index contributed by atoms with van der Waals surface area (Å²) in [6.07, 6.45) is 4.67. The molecule has 2 heterocycles. The van der Waals surface area contributed by atoms with Crippen LogP contribution in [0.15, 0.2) is 12.1 Å². The van der Waals surface area contributed by atoms with Gasteiger partial charge in [0.15, 0.2) is 0 Å². The van der Waals surface area contributed by atoms with Crippen LogP contribution in [0.3, 0.4) is 0 Å². The molecular formula is C15H21NO. The predicted octanol–water partition coefficient (Wildman–Crippen LogP) is 2.75. The number of ether oxygens (including phenoxy) is 1. The molecule has 1 spiro atoms. The van der Waals surface area contributed by atoms with E-state index in [1.165, 1.54) is 29.5 Å². The highest BCUT2D eigenvalue weighted by atomic mass is 16.5. The number of rotatable bonds is 0. The number of aryl methyl sites for hydroxylation is 3. The Labute approximate surface area is 103 Å². The van der Waals surface area contributed by atoms with E-state index in [0.29, 0.717) is 0 Å². The van der Waals surface area contributed by atoms with E-state index in [2.05, 4.69) is 31.3 Å². The SMILES string of the molecule is Cc1cc2c(cc1C)OC1(CCNCC1)CC2. The molecule has 3 rings (SSSR count). The Morgan fingerprint density at radius 1 is 1.06 bits per heavy atom. The summed E-state index contributed by atoms with van der Waals surface area (Å²) in [5.41, 5.74) is 4.25. The smallest absolute Gasteiger partial charge is 0.123 e. The summed E-state index contributed by atoms with van der Waals surface area (Å²) in [5.74, 6) is 1.14. The monoisotopic (exact) mass is 231 g/mol. The average molecular weight is 231 g/mol. The van der Waals surface area contributed by atoms with Gasteiger partial charge in [0.2, 0.25) is 0 Å². The summed E-state index contributed by atoms with van der Waals surface area (Å²) in [6, 6.07) is 4.53. The van der Waals surface area contributed by atoms with Gasteiger partial charge in [-0.05, 0) is 75.4 Å². The molecular weight excluding hydrogens is 210 g/mol. The minimum Gasteiger partial charge on any atom is -0.487 e. The lowest BCUT2D eigenvalue weighted by molar-refractivity contribution is 0.0169. The van der Waals surface area contributed by atoms with Crippen molar-refractivity contribution in [3.63, 3.8) is 0 Å². The number of hydrogen-bond donors (Lipinski definition) is 1. The van der Waals surface area contributed by atoms with Crippen molar-refractivity contribution in [2.45, 2.75) is 45.1 Å². The molecule has 0 amide bonds. The standard InChI is InChI=1S/C15H21NO/c1-11-9-13-3-4-15(5-7-16-8-6-15)17-14(13)10-12(11)2/h9-10,16H,3-8H2,1-2H3. The molecule has 0 unspecified atom stereocenters. The van der Waals surface area contributed by atoms with Gasteiger partial charge in [0.1, 0.15) is 11.4 Å². The molecule has 1 saturated heterocycles. The largest absolute Gasteiger partial charge is 0.487 e. The molecule has 2 nitrogen and oxygen atoms in total. The van der Waals surface area contributed by atoms with Crippen LogP contribution < -0.4 is 10.1 Å². The first-order valence-corrected chi connectivity index (χ1v) is 6.68. The molecule has 0 aromatic heterocycles. The topological polar surface area (TPSA) is 21.3 Å². The Kier molecular flexibility index (Phi) is 2.62. The van der Waals surface area contributed by atoms with Crippen LogP contribution in [0, 0.1) is 13.8 Å². The quantitative estimate of drug-likeness (QED) is 0.741. The highest BCUT2D eigenvalue weighted by Crippen LogP contribution is 2.39. The fourth-order valence-corrected chi connectivity index (χ4v) is 3.02. The van der Waals surface area contributed by atoms with Crippen molar-refractivity contribution in [3.05, 3.63) is 28.8 Å². The minimum absolute atomic E-state index is 0.125. The highest BCUT2D eigenvalue weighted by Gasteiger charge is 2.37. The third-order valence-corrected chi connectivity index (χ3v) is 4.37. The Balaban J connectivity index is 1.91. The summed E-state index contributed by atoms with van der Waals surface area (Å²) in [6.45, 7) is 6.55. The van der Waals surface area contributed by atoms with Crippen molar-refractivity contribution in [1.82, 2.24) is 5.32 Å². The maximum absolute atomic E-state index is 6.36. The van der Waals surface area contributed by atoms with Crippen LogP contribution in [0.1, 0.15) is 36.0 Å². The van der Waals surface area contributed by atoms with Gasteiger partial charge in [-0.15, -0.1) is 0 Å². The summed E-state index contributed by atoms with van der Waals surface area (Å²) < 4.78 is 6.36. The zero-order chi connectivity index (χ0) is 11.9. The first-order valence-electron chi connectivity index (χ1n) is 6.68. The van der Waals surface area contributed by atoms with E-state index >= 15 is 0 Å². The van der Waals surface area contributed by atoms with Gasteiger partial charge in [-0.2, -0.15) is 0 Å². The number of nitrogens with one attached hydrogen (secondary N) is 1. The lowest BCUT2D eigenvalue weighted by Gasteiger charge is -2.42. The Bertz CT molecular complexity index is 433. The van der Waals surface area contributed by atoms with Gasteiger partial charge in [0.25, 0.3) is 0 Å². The molecule has 0 aliphatic carbocycles. The number of piperidine rings is 1. The van der Waals surface area contributed by atoms with E-state index in [1.54, 1.807) is 0 Å². The van der Waals surface area contributed by atoms with E-state index in [9.17, 15) is 0 Å². The van der Waals surface area contributed by atoms with Gasteiger partial charge in [0.05, 0.1) is 0 Å². The van der Waals surface area contributed by atoms with Crippen LogP contribution in [-0.2, 0) is 6.42 Å². The van der Waals surface area contributed by atoms with Crippen molar-refractivity contribution < 1.29 is 4.74 Å². The molecule has 2 aliphatic heterocycles. The highest BCUT2D eigenvalue weighted by molar-refractivity contribution is 5.43. The molecule has 0 saturated carbocycles. The number of benzene rings is 1. The van der Waals surface area contributed by atoms with Crippen LogP contribution in [0.2, 0.25) is 0 Å². The predicted molar refractivity (Wildman–Crippen MR) is 69.7 cm³/mol. The fourth-order valence-electron chi connectivity index (χ4n) is 3.02. The van der Waals surface area contributed by atoms with Crippen molar-refractivity contribution in [1.29, 1.82) is 0 Å². The van der Waals surface area contributed by atoms with E-state index in [-0.39, 0.29) is 5.60 Å². The maximum atomic E-state index is 6.36. The first kappa shape index (κ1) is 11.1. The first-order chi connectivity index (χ1) is 8.19. The van der Waals surface area contributed by atoms with Crippen molar-refractivity contribution >= 4 is 0 Å². The van der Waals surface area contributed by atoms with Gasteiger partial charge < -0.3 is 10.1 Å². The molecule has 92 valence electrons. The summed E-state index contributed by atoms with van der Waals surface area (Å²) >= 11 is 0. The molecule has 2 aliphatic rings. The van der Waals surface area contributed by atoms with E-state index in [4.69, 9.17) is 4.74 Å². The molecule has 17 heavy (non-hydrogen) atoms. The van der Waals surface area contributed by atoms with Crippen LogP contribution >= 0.6 is 0 Å². The van der Waals surface area contributed by atoms with Crippen LogP contribution in [0.25, 0.3) is 0 Å². The normalized spacial score (nSPS) is 22.0. The minimum atomic E-state index is 0.125. The van der Waals surface area contributed by atoms with Gasteiger partial charge in [-0.3, -0.25) is 0 Å². The summed E-state index contributed by atoms with van der Waals surface area (Å²) in [7, 11) is 0. The second kappa shape index (κ2) is 4.02. The molecule has 2 heteroatoms. The average Bonchev–Trinajstić information content (AvgIpc) is 2.33. The second-order valence-corrected chi connectivity index (χ2v) is 5.58. The van der Waals surface area contributed by atoms with Crippen LogP contribution in [0.4, 0.5) is 0 Å². The summed E-state index contributed by atoms with van der Waals surface area (Å²) in [4.78, 5) is 0. The molecule has 1 aromatic carbocycles. The Morgan fingerprint density at radius 3 is 2.53 bits per heavy atom. The lowest BCUT2D eigenvalue weighted by Crippen LogP contribution is -2.48. The van der Waals surface area contributed by atoms with Gasteiger partial charge in [-0.25, -0.2) is 0 Å². The zero-order valence-corrected chi connectivity index (χ0v) is 10.8. The van der Waals surface area contributed by atoms with Crippen molar-refractivity contribution in [3.8, 4) is 5.75 Å². The molecule has 1 fully saturated rings. The Morgan fingerprint density at radius 2 is 1.76 bits per heavy atom. The van der Waals surface area contributed by atoms with Gasteiger partial charge >= 0.3 is 0 Å². The maximum Gasteiger partial charge on any atom is 0.123 e. The zero-order valence-electron chi connectivity index (χ0n) is 10.8. The number of fused-ring (bicyclic) bond motifs is 1. The fraction of sp³-hybridized carbons (Fsp3) is 0.600. The van der Waals surface area contributed by atoms with Crippen molar-refractivity contribution in [2.75, 3.05) is 13.1 Å². The van der Waals surface area contributed by atoms with E-state index < -0.39 is 0 Å². The molecule has 1 aromatic rings. The van der Waals surface area contributed by atoms with Gasteiger partial charge in [-0.1, -0.05) is 6.07 Å². The van der Waals surface area contributed by atoms with E-state index in [0.717, 1.165) is 31.7 Å². The third kappa shape index (κ3) is 1.95. The van der Waals surface area contributed by atoms with Crippen LogP contribution in [-0.4, -0.2) is 18.7 Å². The molecule has 0 radical (unpaired) electrons. The number of hydrogen-bond acceptors (Lipinski definition) is 2. The van der Waals surface area contributed by atoms with E-state index in [1.807, 2.05) is 0 Å². The molecule has 0 bridgehead atoms. The lowest BCUT2D eigenvalue weighted by atomic mass is 9.83. The van der Waals surface area contributed by atoms with Crippen LogP contribution in [0.5, 0.6) is 5.75 Å².